The number of hydrogen-bond acceptors (Lipinski definition) is 3. The summed E-state index contributed by atoms with van der Waals surface area (Å²) in [5.74, 6) is -0.616. The Balaban J connectivity index is 2.02. The van der Waals surface area contributed by atoms with Gasteiger partial charge in [0.05, 0.1) is 5.56 Å². The van der Waals surface area contributed by atoms with Crippen LogP contribution in [0.15, 0.2) is 42.5 Å². The molecule has 0 unspecified atom stereocenters. The molecule has 1 heterocycles. The monoisotopic (exact) mass is 378 g/mol. The molecule has 1 N–H and O–H groups in total. The van der Waals surface area contributed by atoms with Crippen molar-refractivity contribution < 1.29 is 19.0 Å². The molecule has 28 heavy (non-hydrogen) atoms. The molecule has 0 saturated heterocycles. The van der Waals surface area contributed by atoms with Crippen LogP contribution >= 0.6 is 0 Å². The fourth-order valence-electron chi connectivity index (χ4n) is 3.39. The lowest BCUT2D eigenvalue weighted by Gasteiger charge is -2.09. The zero-order chi connectivity index (χ0) is 20.4. The number of rotatable bonds is 5. The third kappa shape index (κ3) is 3.47. The van der Waals surface area contributed by atoms with Gasteiger partial charge >= 0.3 is 5.97 Å². The van der Waals surface area contributed by atoms with E-state index in [-0.39, 0.29) is 11.5 Å². The number of nitriles is 1. The van der Waals surface area contributed by atoms with E-state index in [2.05, 4.69) is 6.07 Å². The van der Waals surface area contributed by atoms with Crippen LogP contribution in [0.5, 0.6) is 11.5 Å². The van der Waals surface area contributed by atoms with E-state index in [9.17, 15) is 19.6 Å². The molecule has 6 heteroatoms. The second-order valence-corrected chi connectivity index (χ2v) is 6.47. The van der Waals surface area contributed by atoms with Crippen LogP contribution in [0.4, 0.5) is 4.39 Å². The number of aromatic nitrogens is 1. The van der Waals surface area contributed by atoms with Gasteiger partial charge in [0.15, 0.2) is 0 Å². The highest BCUT2D eigenvalue weighted by Gasteiger charge is 2.25. The molecule has 3 aromatic rings. The number of hydrogen-bond donors (Lipinski definition) is 1. The Hall–Kier alpha value is -3.59. The minimum Gasteiger partial charge on any atom is -0.477 e. The summed E-state index contributed by atoms with van der Waals surface area (Å²) in [6.45, 7) is 3.65. The average Bonchev–Trinajstić information content (AvgIpc) is 2.93. The van der Waals surface area contributed by atoms with E-state index in [1.165, 1.54) is 12.1 Å². The van der Waals surface area contributed by atoms with Crippen molar-refractivity contribution in [3.63, 3.8) is 0 Å². The standard InChI is InChI=1S/C22H19FN2O3/c1-4-19-18(12-24)20(21(22(26)27)25(19)3)14-5-7-16(8-6-14)28-17-10-13(2)9-15(23)11-17/h5-11H,4H2,1-3H3,(H,26,27). The summed E-state index contributed by atoms with van der Waals surface area (Å²) in [5.41, 5.74) is 2.84. The number of aromatic carboxylic acids is 1. The third-order valence-electron chi connectivity index (χ3n) is 4.56. The molecule has 0 atom stereocenters. The van der Waals surface area contributed by atoms with Crippen LogP contribution in [0.3, 0.4) is 0 Å². The van der Waals surface area contributed by atoms with E-state index < -0.39 is 5.97 Å². The lowest BCUT2D eigenvalue weighted by Crippen LogP contribution is -2.07. The van der Waals surface area contributed by atoms with Crippen molar-refractivity contribution in [2.75, 3.05) is 0 Å². The summed E-state index contributed by atoms with van der Waals surface area (Å²) >= 11 is 0. The van der Waals surface area contributed by atoms with E-state index in [1.807, 2.05) is 6.92 Å². The molecule has 0 aliphatic heterocycles. The van der Waals surface area contributed by atoms with Crippen LogP contribution in [-0.4, -0.2) is 15.6 Å². The fourth-order valence-corrected chi connectivity index (χ4v) is 3.39. The molecule has 0 bridgehead atoms. The highest BCUT2D eigenvalue weighted by molar-refractivity contribution is 5.97. The number of aryl methyl sites for hydroxylation is 1. The topological polar surface area (TPSA) is 75.2 Å². The summed E-state index contributed by atoms with van der Waals surface area (Å²) in [6.07, 6.45) is 0.541. The van der Waals surface area contributed by atoms with Crippen molar-refractivity contribution in [2.24, 2.45) is 7.05 Å². The van der Waals surface area contributed by atoms with Gasteiger partial charge in [-0.1, -0.05) is 19.1 Å². The molecule has 0 radical (unpaired) electrons. The van der Waals surface area contributed by atoms with Crippen LogP contribution in [0, 0.1) is 24.1 Å². The molecule has 142 valence electrons. The average molecular weight is 378 g/mol. The van der Waals surface area contributed by atoms with Gasteiger partial charge < -0.3 is 14.4 Å². The van der Waals surface area contributed by atoms with E-state index in [1.54, 1.807) is 48.9 Å². The van der Waals surface area contributed by atoms with E-state index in [4.69, 9.17) is 4.74 Å². The molecule has 1 aromatic heterocycles. The van der Waals surface area contributed by atoms with Crippen LogP contribution in [0.1, 0.15) is 34.2 Å². The summed E-state index contributed by atoms with van der Waals surface area (Å²) < 4.78 is 20.8. The quantitative estimate of drug-likeness (QED) is 0.673. The maximum atomic E-state index is 13.5. The highest BCUT2D eigenvalue weighted by atomic mass is 19.1. The van der Waals surface area contributed by atoms with Crippen molar-refractivity contribution in [1.29, 1.82) is 5.26 Å². The molecule has 3 rings (SSSR count). The van der Waals surface area contributed by atoms with Crippen molar-refractivity contribution in [3.8, 4) is 28.7 Å². The van der Waals surface area contributed by atoms with Crippen LogP contribution in [-0.2, 0) is 13.5 Å². The van der Waals surface area contributed by atoms with Crippen LogP contribution in [0.25, 0.3) is 11.1 Å². The predicted octanol–water partition coefficient (Wildman–Crippen LogP) is 5.06. The lowest BCUT2D eigenvalue weighted by atomic mass is 10.00. The zero-order valence-corrected chi connectivity index (χ0v) is 15.8. The first kappa shape index (κ1) is 19.2. The highest BCUT2D eigenvalue weighted by Crippen LogP contribution is 2.34. The lowest BCUT2D eigenvalue weighted by molar-refractivity contribution is 0.0687. The van der Waals surface area contributed by atoms with Gasteiger partial charge in [-0.25, -0.2) is 9.18 Å². The van der Waals surface area contributed by atoms with Gasteiger partial charge in [0.25, 0.3) is 0 Å². The predicted molar refractivity (Wildman–Crippen MR) is 103 cm³/mol. The molecule has 0 amide bonds. The van der Waals surface area contributed by atoms with Crippen molar-refractivity contribution >= 4 is 5.97 Å². The first-order chi connectivity index (χ1) is 13.3. The molecular formula is C22H19FN2O3. The van der Waals surface area contributed by atoms with Crippen molar-refractivity contribution in [1.82, 2.24) is 4.57 Å². The molecule has 0 fully saturated rings. The number of nitrogens with zero attached hydrogens (tertiary/aromatic N) is 2. The second-order valence-electron chi connectivity index (χ2n) is 6.47. The van der Waals surface area contributed by atoms with Crippen LogP contribution < -0.4 is 4.74 Å². The Morgan fingerprint density at radius 3 is 2.43 bits per heavy atom. The molecule has 0 saturated carbocycles. The van der Waals surface area contributed by atoms with Gasteiger partial charge in [-0.15, -0.1) is 0 Å². The number of ether oxygens (including phenoxy) is 1. The maximum absolute atomic E-state index is 13.5. The largest absolute Gasteiger partial charge is 0.477 e. The van der Waals surface area contributed by atoms with Gasteiger partial charge in [-0.2, -0.15) is 5.26 Å². The van der Waals surface area contributed by atoms with Gasteiger partial charge in [0.1, 0.15) is 29.1 Å². The Morgan fingerprint density at radius 2 is 1.89 bits per heavy atom. The number of halogens is 1. The number of carboxylic acid groups (broad SMARTS) is 1. The molecule has 0 spiro atoms. The minimum atomic E-state index is -1.09. The summed E-state index contributed by atoms with van der Waals surface area (Å²) in [4.78, 5) is 11.8. The number of benzene rings is 2. The van der Waals surface area contributed by atoms with Gasteiger partial charge in [0, 0.05) is 24.4 Å². The molecule has 0 aliphatic carbocycles. The first-order valence-corrected chi connectivity index (χ1v) is 8.76. The third-order valence-corrected chi connectivity index (χ3v) is 4.56. The molecular weight excluding hydrogens is 359 g/mol. The van der Waals surface area contributed by atoms with Gasteiger partial charge in [0.2, 0.25) is 0 Å². The summed E-state index contributed by atoms with van der Waals surface area (Å²) in [7, 11) is 1.65. The van der Waals surface area contributed by atoms with Crippen molar-refractivity contribution in [3.05, 3.63) is 70.8 Å². The van der Waals surface area contributed by atoms with Gasteiger partial charge in [-0.05, 0) is 48.7 Å². The van der Waals surface area contributed by atoms with E-state index in [0.717, 1.165) is 5.56 Å². The van der Waals surface area contributed by atoms with Gasteiger partial charge in [-0.3, -0.25) is 0 Å². The van der Waals surface area contributed by atoms with E-state index >= 15 is 0 Å². The molecule has 5 nitrogen and oxygen atoms in total. The van der Waals surface area contributed by atoms with Crippen LogP contribution in [0.2, 0.25) is 0 Å². The molecule has 2 aromatic carbocycles. The zero-order valence-electron chi connectivity index (χ0n) is 15.8. The Labute approximate surface area is 162 Å². The second kappa shape index (κ2) is 7.57. The maximum Gasteiger partial charge on any atom is 0.353 e. The summed E-state index contributed by atoms with van der Waals surface area (Å²) in [6, 6.07) is 13.3. The SMILES string of the molecule is CCc1c(C#N)c(-c2ccc(Oc3cc(C)cc(F)c3)cc2)c(C(=O)O)n1C. The number of carboxylic acids is 1. The fraction of sp³-hybridized carbons (Fsp3) is 0.182. The smallest absolute Gasteiger partial charge is 0.353 e. The van der Waals surface area contributed by atoms with E-state index in [0.29, 0.717) is 40.3 Å². The number of carbonyl (C=O) groups is 1. The molecule has 0 aliphatic rings. The Morgan fingerprint density at radius 1 is 1.21 bits per heavy atom. The first-order valence-electron chi connectivity index (χ1n) is 8.76. The summed E-state index contributed by atoms with van der Waals surface area (Å²) in [5, 5.41) is 19.2. The van der Waals surface area contributed by atoms with Crippen molar-refractivity contribution in [2.45, 2.75) is 20.3 Å². The minimum absolute atomic E-state index is 0.0721. The Kier molecular flexibility index (Phi) is 5.18. The normalized spacial score (nSPS) is 10.5. The Bertz CT molecular complexity index is 1070.